The van der Waals surface area contributed by atoms with Crippen LogP contribution in [0.1, 0.15) is 17.5 Å². The fraction of sp³-hybridized carbons (Fsp3) is 0.316. The second-order valence-corrected chi connectivity index (χ2v) is 6.69. The van der Waals surface area contributed by atoms with E-state index in [1.54, 1.807) is 11.0 Å². The van der Waals surface area contributed by atoms with Crippen LogP contribution in [0.2, 0.25) is 5.02 Å². The molecule has 1 N–H and O–H groups in total. The molecule has 0 saturated carbocycles. The van der Waals surface area contributed by atoms with E-state index in [1.165, 1.54) is 11.8 Å². The summed E-state index contributed by atoms with van der Waals surface area (Å²) in [6.07, 6.45) is 2.55. The monoisotopic (exact) mass is 357 g/mol. The van der Waals surface area contributed by atoms with Crippen molar-refractivity contribution in [3.8, 4) is 0 Å². The molecular weight excluding hydrogens is 338 g/mol. The van der Waals surface area contributed by atoms with Crippen molar-refractivity contribution in [1.29, 1.82) is 0 Å². The van der Waals surface area contributed by atoms with Crippen molar-refractivity contribution < 1.29 is 9.59 Å². The van der Waals surface area contributed by atoms with Gasteiger partial charge in [-0.25, -0.2) is 4.98 Å². The quantitative estimate of drug-likeness (QED) is 0.894. The average Bonchev–Trinajstić information content (AvgIpc) is 2.98. The zero-order valence-corrected chi connectivity index (χ0v) is 14.8. The first-order valence-corrected chi connectivity index (χ1v) is 8.65. The molecule has 1 fully saturated rings. The highest BCUT2D eigenvalue weighted by Gasteiger charge is 2.34. The zero-order valence-electron chi connectivity index (χ0n) is 14.0. The molecule has 1 aliphatic rings. The zero-order chi connectivity index (χ0) is 17.8. The smallest absolute Gasteiger partial charge is 0.230 e. The molecule has 1 aromatic heterocycles. The molecule has 1 saturated heterocycles. The average molecular weight is 358 g/mol. The molecule has 130 valence electrons. The molecule has 5 nitrogen and oxygen atoms in total. The van der Waals surface area contributed by atoms with Crippen LogP contribution in [0.15, 0.2) is 42.6 Å². The number of likely N-dealkylation sites (tertiary alicyclic amines) is 1. The SMILES string of the molecule is Cc1cc(NC(=O)C2CC(=O)N(CCc3ccccc3)C2)ncc1Cl. The molecule has 6 heteroatoms. The lowest BCUT2D eigenvalue weighted by Gasteiger charge is -2.16. The van der Waals surface area contributed by atoms with Gasteiger partial charge in [0.15, 0.2) is 0 Å². The number of aromatic nitrogens is 1. The number of nitrogens with one attached hydrogen (secondary N) is 1. The Labute approximate surface area is 152 Å². The number of hydrogen-bond acceptors (Lipinski definition) is 3. The van der Waals surface area contributed by atoms with Gasteiger partial charge < -0.3 is 10.2 Å². The second kappa shape index (κ2) is 7.66. The predicted molar refractivity (Wildman–Crippen MR) is 97.4 cm³/mol. The van der Waals surface area contributed by atoms with E-state index in [0.29, 0.717) is 23.9 Å². The van der Waals surface area contributed by atoms with E-state index in [-0.39, 0.29) is 24.2 Å². The number of rotatable bonds is 5. The third-order valence-electron chi connectivity index (χ3n) is 4.40. The van der Waals surface area contributed by atoms with Gasteiger partial charge in [-0.3, -0.25) is 9.59 Å². The summed E-state index contributed by atoms with van der Waals surface area (Å²) in [6, 6.07) is 11.7. The Morgan fingerprint density at radius 2 is 2.12 bits per heavy atom. The highest BCUT2D eigenvalue weighted by molar-refractivity contribution is 6.31. The van der Waals surface area contributed by atoms with Gasteiger partial charge in [0.1, 0.15) is 5.82 Å². The summed E-state index contributed by atoms with van der Waals surface area (Å²) in [4.78, 5) is 30.5. The van der Waals surface area contributed by atoms with Crippen LogP contribution in [-0.2, 0) is 16.0 Å². The Bertz CT molecular complexity index is 779. The first-order valence-electron chi connectivity index (χ1n) is 8.27. The number of aryl methyl sites for hydroxylation is 1. The molecule has 0 bridgehead atoms. The summed E-state index contributed by atoms with van der Waals surface area (Å²) in [5.74, 6) is -0.0377. The van der Waals surface area contributed by atoms with Crippen LogP contribution in [0.5, 0.6) is 0 Å². The number of nitrogens with zero attached hydrogens (tertiary/aromatic N) is 2. The third kappa shape index (κ3) is 4.37. The minimum atomic E-state index is -0.346. The number of benzene rings is 1. The Morgan fingerprint density at radius 3 is 2.84 bits per heavy atom. The van der Waals surface area contributed by atoms with Crippen molar-refractivity contribution in [2.75, 3.05) is 18.4 Å². The van der Waals surface area contributed by atoms with Crippen molar-refractivity contribution in [1.82, 2.24) is 9.88 Å². The standard InChI is InChI=1S/C19H20ClN3O2/c1-13-9-17(21-11-16(13)20)22-19(25)15-10-18(24)23(12-15)8-7-14-5-3-2-4-6-14/h2-6,9,11,15H,7-8,10,12H2,1H3,(H,21,22,25). The van der Waals surface area contributed by atoms with Gasteiger partial charge in [-0.1, -0.05) is 41.9 Å². The number of carbonyl (C=O) groups excluding carboxylic acids is 2. The van der Waals surface area contributed by atoms with Gasteiger partial charge in [0.25, 0.3) is 0 Å². The summed E-state index contributed by atoms with van der Waals surface area (Å²) in [5, 5.41) is 3.34. The van der Waals surface area contributed by atoms with Crippen LogP contribution >= 0.6 is 11.6 Å². The Balaban J connectivity index is 1.56. The summed E-state index contributed by atoms with van der Waals surface area (Å²) in [5.41, 5.74) is 2.03. The molecule has 0 aliphatic carbocycles. The van der Waals surface area contributed by atoms with E-state index in [2.05, 4.69) is 10.3 Å². The number of halogens is 1. The maximum atomic E-state index is 12.4. The number of pyridine rings is 1. The topological polar surface area (TPSA) is 62.3 Å². The highest BCUT2D eigenvalue weighted by Crippen LogP contribution is 2.21. The van der Waals surface area contributed by atoms with Crippen LogP contribution in [0.3, 0.4) is 0 Å². The maximum Gasteiger partial charge on any atom is 0.230 e. The summed E-state index contributed by atoms with van der Waals surface area (Å²) >= 11 is 5.94. The molecule has 25 heavy (non-hydrogen) atoms. The first-order chi connectivity index (χ1) is 12.0. The largest absolute Gasteiger partial charge is 0.342 e. The molecule has 0 radical (unpaired) electrons. The number of carbonyl (C=O) groups is 2. The molecular formula is C19H20ClN3O2. The highest BCUT2D eigenvalue weighted by atomic mass is 35.5. The van der Waals surface area contributed by atoms with Crippen LogP contribution in [-0.4, -0.2) is 34.8 Å². The van der Waals surface area contributed by atoms with Crippen LogP contribution < -0.4 is 5.32 Å². The van der Waals surface area contributed by atoms with Crippen molar-refractivity contribution in [3.05, 3.63) is 58.7 Å². The Kier molecular flexibility index (Phi) is 5.34. The molecule has 1 unspecified atom stereocenters. The summed E-state index contributed by atoms with van der Waals surface area (Å²) < 4.78 is 0. The van der Waals surface area contributed by atoms with Crippen molar-refractivity contribution >= 4 is 29.2 Å². The van der Waals surface area contributed by atoms with Gasteiger partial charge in [-0.2, -0.15) is 0 Å². The van der Waals surface area contributed by atoms with Crippen molar-refractivity contribution in [2.24, 2.45) is 5.92 Å². The van der Waals surface area contributed by atoms with Gasteiger partial charge in [0.05, 0.1) is 10.9 Å². The molecule has 1 aromatic carbocycles. The predicted octanol–water partition coefficient (Wildman–Crippen LogP) is 3.07. The van der Waals surface area contributed by atoms with Crippen LogP contribution in [0.4, 0.5) is 5.82 Å². The van der Waals surface area contributed by atoms with Gasteiger partial charge >= 0.3 is 0 Å². The van der Waals surface area contributed by atoms with Crippen LogP contribution in [0.25, 0.3) is 0 Å². The number of anilines is 1. The van der Waals surface area contributed by atoms with Crippen molar-refractivity contribution in [3.63, 3.8) is 0 Å². The van der Waals surface area contributed by atoms with Crippen molar-refractivity contribution in [2.45, 2.75) is 19.8 Å². The van der Waals surface area contributed by atoms with E-state index < -0.39 is 0 Å². The normalized spacial score (nSPS) is 17.0. The molecule has 2 amide bonds. The van der Waals surface area contributed by atoms with E-state index in [1.807, 2.05) is 37.3 Å². The van der Waals surface area contributed by atoms with Gasteiger partial charge in [0, 0.05) is 25.7 Å². The molecule has 0 spiro atoms. The minimum absolute atomic E-state index is 0.0244. The summed E-state index contributed by atoms with van der Waals surface area (Å²) in [7, 11) is 0. The number of hydrogen-bond donors (Lipinski definition) is 1. The second-order valence-electron chi connectivity index (χ2n) is 6.28. The van der Waals surface area contributed by atoms with Gasteiger partial charge in [0.2, 0.25) is 11.8 Å². The fourth-order valence-corrected chi connectivity index (χ4v) is 3.01. The lowest BCUT2D eigenvalue weighted by molar-refractivity contribution is -0.128. The first kappa shape index (κ1) is 17.4. The fourth-order valence-electron chi connectivity index (χ4n) is 2.91. The van der Waals surface area contributed by atoms with Gasteiger partial charge in [-0.15, -0.1) is 0 Å². The molecule has 1 atom stereocenters. The molecule has 1 aliphatic heterocycles. The lowest BCUT2D eigenvalue weighted by atomic mass is 10.1. The molecule has 2 aromatic rings. The maximum absolute atomic E-state index is 12.4. The van der Waals surface area contributed by atoms with Crippen LogP contribution in [0, 0.1) is 12.8 Å². The molecule has 3 rings (SSSR count). The minimum Gasteiger partial charge on any atom is -0.342 e. The van der Waals surface area contributed by atoms with E-state index >= 15 is 0 Å². The van der Waals surface area contributed by atoms with E-state index in [9.17, 15) is 9.59 Å². The van der Waals surface area contributed by atoms with Gasteiger partial charge in [-0.05, 0) is 30.5 Å². The third-order valence-corrected chi connectivity index (χ3v) is 4.79. The summed E-state index contributed by atoms with van der Waals surface area (Å²) in [6.45, 7) is 2.93. The molecule has 2 heterocycles. The number of amides is 2. The Hall–Kier alpha value is -2.40. The van der Waals surface area contributed by atoms with E-state index in [0.717, 1.165) is 12.0 Å². The van der Waals surface area contributed by atoms with E-state index in [4.69, 9.17) is 11.6 Å². The lowest BCUT2D eigenvalue weighted by Crippen LogP contribution is -2.30. The Morgan fingerprint density at radius 1 is 1.36 bits per heavy atom.